The average Bonchev–Trinajstić information content (AvgIpc) is 2.51. The largest absolute Gasteiger partial charge is 0.370 e. The van der Waals surface area contributed by atoms with Gasteiger partial charge in [-0.2, -0.15) is 4.37 Å². The highest BCUT2D eigenvalue weighted by Gasteiger charge is 2.19. The summed E-state index contributed by atoms with van der Waals surface area (Å²) in [6.45, 7) is 6.68. The fourth-order valence-corrected chi connectivity index (χ4v) is 1.67. The van der Waals surface area contributed by atoms with Crippen LogP contribution in [0.5, 0.6) is 0 Å². The molecule has 1 rings (SSSR count). The molecule has 1 heterocycles. The number of nitrogens with one attached hydrogen (secondary N) is 1. The summed E-state index contributed by atoms with van der Waals surface area (Å²) in [5.41, 5.74) is 4.98. The van der Waals surface area contributed by atoms with Crippen LogP contribution in [0.25, 0.3) is 0 Å². The third kappa shape index (κ3) is 3.83. The number of aromatic nitrogens is 2. The molecule has 1 amide bonds. The number of carbonyl (C=O) groups is 1. The number of anilines is 1. The van der Waals surface area contributed by atoms with Crippen molar-refractivity contribution in [2.75, 3.05) is 11.9 Å². The quantitative estimate of drug-likeness (QED) is 0.809. The average molecular weight is 228 g/mol. The van der Waals surface area contributed by atoms with Crippen molar-refractivity contribution < 1.29 is 4.79 Å². The summed E-state index contributed by atoms with van der Waals surface area (Å²) in [7, 11) is 0. The Labute approximate surface area is 93.3 Å². The van der Waals surface area contributed by atoms with Gasteiger partial charge in [-0.15, -0.1) is 0 Å². The zero-order valence-corrected chi connectivity index (χ0v) is 10.0. The topological polar surface area (TPSA) is 80.9 Å². The zero-order chi connectivity index (χ0) is 11.5. The fraction of sp³-hybridized carbons (Fsp3) is 0.667. The second kappa shape index (κ2) is 4.57. The molecule has 15 heavy (non-hydrogen) atoms. The number of rotatable bonds is 4. The highest BCUT2D eigenvalue weighted by Crippen LogP contribution is 2.22. The highest BCUT2D eigenvalue weighted by molar-refractivity contribution is 7.09. The number of hydrogen-bond donors (Lipinski definition) is 2. The first-order valence-corrected chi connectivity index (χ1v) is 5.53. The number of nitrogens with two attached hydrogens (primary N) is 1. The van der Waals surface area contributed by atoms with Crippen molar-refractivity contribution in [2.45, 2.75) is 32.6 Å². The summed E-state index contributed by atoms with van der Waals surface area (Å²) in [6.07, 6.45) is 0.310. The van der Waals surface area contributed by atoms with Crippen LogP contribution in [-0.4, -0.2) is 21.8 Å². The molecule has 0 fully saturated rings. The summed E-state index contributed by atoms with van der Waals surface area (Å²) in [5.74, 6) is 0.497. The van der Waals surface area contributed by atoms with Crippen LogP contribution in [0.15, 0.2) is 0 Å². The van der Waals surface area contributed by atoms with Crippen molar-refractivity contribution in [3.8, 4) is 0 Å². The smallest absolute Gasteiger partial charge is 0.219 e. The van der Waals surface area contributed by atoms with Crippen LogP contribution in [0.4, 0.5) is 5.13 Å². The van der Waals surface area contributed by atoms with E-state index >= 15 is 0 Å². The maximum atomic E-state index is 10.5. The van der Waals surface area contributed by atoms with Crippen LogP contribution in [0.3, 0.4) is 0 Å². The molecule has 0 radical (unpaired) electrons. The van der Waals surface area contributed by atoms with Gasteiger partial charge in [0.15, 0.2) is 0 Å². The first-order chi connectivity index (χ1) is 6.89. The predicted molar refractivity (Wildman–Crippen MR) is 60.9 cm³/mol. The third-order valence-electron chi connectivity index (χ3n) is 1.74. The van der Waals surface area contributed by atoms with E-state index in [4.69, 9.17) is 5.73 Å². The number of hydrogen-bond acceptors (Lipinski definition) is 5. The van der Waals surface area contributed by atoms with Gasteiger partial charge in [0.25, 0.3) is 0 Å². The van der Waals surface area contributed by atoms with Crippen molar-refractivity contribution in [3.63, 3.8) is 0 Å². The van der Waals surface area contributed by atoms with Gasteiger partial charge in [-0.1, -0.05) is 20.8 Å². The van der Waals surface area contributed by atoms with Crippen molar-refractivity contribution in [1.29, 1.82) is 0 Å². The normalized spacial score (nSPS) is 11.4. The van der Waals surface area contributed by atoms with Crippen LogP contribution in [-0.2, 0) is 10.2 Å². The molecule has 6 heteroatoms. The number of primary amides is 1. The summed E-state index contributed by atoms with van der Waals surface area (Å²) >= 11 is 1.30. The predicted octanol–water partition coefficient (Wildman–Crippen LogP) is 1.12. The molecule has 3 N–H and O–H groups in total. The Hall–Kier alpha value is -1.17. The van der Waals surface area contributed by atoms with Gasteiger partial charge in [0.1, 0.15) is 5.82 Å². The summed E-state index contributed by atoms with van der Waals surface area (Å²) in [4.78, 5) is 14.8. The fourth-order valence-electron chi connectivity index (χ4n) is 0.893. The monoisotopic (exact) mass is 228 g/mol. The first-order valence-electron chi connectivity index (χ1n) is 4.76. The molecule has 0 aliphatic heterocycles. The summed E-state index contributed by atoms with van der Waals surface area (Å²) in [5, 5.41) is 3.75. The maximum absolute atomic E-state index is 10.5. The van der Waals surface area contributed by atoms with Gasteiger partial charge < -0.3 is 11.1 Å². The minimum atomic E-state index is -0.317. The van der Waals surface area contributed by atoms with Crippen LogP contribution in [0.1, 0.15) is 33.0 Å². The van der Waals surface area contributed by atoms with Gasteiger partial charge in [-0.3, -0.25) is 4.79 Å². The molecule has 0 spiro atoms. The molecule has 1 aromatic heterocycles. The molecular weight excluding hydrogens is 212 g/mol. The first kappa shape index (κ1) is 11.9. The molecule has 0 aliphatic carbocycles. The van der Waals surface area contributed by atoms with E-state index in [1.54, 1.807) is 0 Å². The van der Waals surface area contributed by atoms with E-state index in [2.05, 4.69) is 35.4 Å². The zero-order valence-electron chi connectivity index (χ0n) is 9.20. The molecule has 0 atom stereocenters. The van der Waals surface area contributed by atoms with Gasteiger partial charge in [-0.25, -0.2) is 4.98 Å². The molecule has 0 aliphatic rings. The van der Waals surface area contributed by atoms with Crippen molar-refractivity contribution in [2.24, 2.45) is 5.73 Å². The van der Waals surface area contributed by atoms with E-state index in [-0.39, 0.29) is 11.3 Å². The van der Waals surface area contributed by atoms with Gasteiger partial charge >= 0.3 is 0 Å². The molecule has 0 saturated carbocycles. The van der Waals surface area contributed by atoms with Crippen LogP contribution < -0.4 is 11.1 Å². The Morgan fingerprint density at radius 3 is 2.67 bits per heavy atom. The van der Waals surface area contributed by atoms with E-state index < -0.39 is 0 Å². The van der Waals surface area contributed by atoms with E-state index in [1.807, 2.05) is 0 Å². The Bertz CT molecular complexity index is 342. The standard InChI is InChI=1S/C9H16N4OS/c1-9(2,3)7-12-8(15-13-7)11-5-4-6(10)14/h4-5H2,1-3H3,(H2,10,14)(H,11,12,13). The van der Waals surface area contributed by atoms with Gasteiger partial charge in [-0.05, 0) is 0 Å². The lowest BCUT2D eigenvalue weighted by molar-refractivity contribution is -0.117. The minimum absolute atomic E-state index is 0.0416. The Kier molecular flexibility index (Phi) is 3.62. The van der Waals surface area contributed by atoms with Gasteiger partial charge in [0.05, 0.1) is 0 Å². The minimum Gasteiger partial charge on any atom is -0.370 e. The number of amides is 1. The van der Waals surface area contributed by atoms with Crippen molar-refractivity contribution in [1.82, 2.24) is 9.36 Å². The van der Waals surface area contributed by atoms with Crippen LogP contribution in [0.2, 0.25) is 0 Å². The van der Waals surface area contributed by atoms with E-state index in [1.165, 1.54) is 11.5 Å². The number of nitrogens with zero attached hydrogens (tertiary/aromatic N) is 2. The van der Waals surface area contributed by atoms with E-state index in [0.717, 1.165) is 11.0 Å². The molecule has 0 bridgehead atoms. The maximum Gasteiger partial charge on any atom is 0.219 e. The molecule has 5 nitrogen and oxygen atoms in total. The molecule has 1 aromatic rings. The SMILES string of the molecule is CC(C)(C)c1nsc(NCCC(N)=O)n1. The summed E-state index contributed by atoms with van der Waals surface area (Å²) < 4.78 is 4.24. The lowest BCUT2D eigenvalue weighted by Crippen LogP contribution is -2.16. The van der Waals surface area contributed by atoms with E-state index in [9.17, 15) is 4.79 Å². The Balaban J connectivity index is 2.50. The summed E-state index contributed by atoms with van der Waals surface area (Å²) in [6, 6.07) is 0. The Morgan fingerprint density at radius 1 is 1.53 bits per heavy atom. The highest BCUT2D eigenvalue weighted by atomic mass is 32.1. The second-order valence-corrected chi connectivity index (χ2v) is 5.07. The number of carbonyl (C=O) groups excluding carboxylic acids is 1. The lowest BCUT2D eigenvalue weighted by atomic mass is 9.96. The molecular formula is C9H16N4OS. The Morgan fingerprint density at radius 2 is 2.20 bits per heavy atom. The van der Waals surface area contributed by atoms with Gasteiger partial charge in [0.2, 0.25) is 11.0 Å². The van der Waals surface area contributed by atoms with Crippen LogP contribution >= 0.6 is 11.5 Å². The molecule has 0 aromatic carbocycles. The van der Waals surface area contributed by atoms with Gasteiger partial charge in [0, 0.05) is 29.9 Å². The second-order valence-electron chi connectivity index (χ2n) is 4.32. The third-order valence-corrected chi connectivity index (χ3v) is 2.42. The lowest BCUT2D eigenvalue weighted by Gasteiger charge is -2.12. The van der Waals surface area contributed by atoms with Crippen molar-refractivity contribution in [3.05, 3.63) is 5.82 Å². The molecule has 0 saturated heterocycles. The molecule has 84 valence electrons. The van der Waals surface area contributed by atoms with Crippen molar-refractivity contribution >= 4 is 22.6 Å². The molecule has 0 unspecified atom stereocenters. The van der Waals surface area contributed by atoms with E-state index in [0.29, 0.717) is 13.0 Å². The van der Waals surface area contributed by atoms with Crippen LogP contribution in [0, 0.1) is 0 Å².